The van der Waals surface area contributed by atoms with E-state index in [9.17, 15) is 14.4 Å². The third kappa shape index (κ3) is 3.34. The van der Waals surface area contributed by atoms with Gasteiger partial charge in [-0.1, -0.05) is 48.5 Å². The lowest BCUT2D eigenvalue weighted by molar-refractivity contribution is -0.152. The highest BCUT2D eigenvalue weighted by molar-refractivity contribution is 6.24. The highest BCUT2D eigenvalue weighted by atomic mass is 19.1. The van der Waals surface area contributed by atoms with Crippen LogP contribution in [0.5, 0.6) is 11.5 Å². The number of benzene rings is 3. The zero-order valence-electron chi connectivity index (χ0n) is 19.8. The number of fused-ring (bicyclic) bond motifs is 2. The van der Waals surface area contributed by atoms with E-state index in [1.165, 1.54) is 13.2 Å². The van der Waals surface area contributed by atoms with Crippen molar-refractivity contribution in [1.82, 2.24) is 5.32 Å². The van der Waals surface area contributed by atoms with Crippen LogP contribution >= 0.6 is 0 Å². The molecule has 0 unspecified atom stereocenters. The van der Waals surface area contributed by atoms with E-state index in [-0.39, 0.29) is 11.3 Å². The number of imide groups is 1. The molecule has 8 nitrogen and oxygen atoms in total. The zero-order valence-corrected chi connectivity index (χ0v) is 19.8. The van der Waals surface area contributed by atoms with Crippen molar-refractivity contribution in [3.63, 3.8) is 0 Å². The van der Waals surface area contributed by atoms with E-state index in [1.807, 2.05) is 0 Å². The Morgan fingerprint density at radius 2 is 1.68 bits per heavy atom. The Morgan fingerprint density at radius 3 is 2.41 bits per heavy atom. The molecule has 0 radical (unpaired) electrons. The minimum absolute atomic E-state index is 0.185. The third-order valence-corrected chi connectivity index (χ3v) is 7.32. The molecule has 0 aliphatic carbocycles. The van der Waals surface area contributed by atoms with Crippen molar-refractivity contribution in [2.75, 3.05) is 25.2 Å². The van der Waals surface area contributed by atoms with Crippen LogP contribution in [0.2, 0.25) is 0 Å². The van der Waals surface area contributed by atoms with Gasteiger partial charge in [0.05, 0.1) is 24.6 Å². The second kappa shape index (κ2) is 8.70. The van der Waals surface area contributed by atoms with Crippen molar-refractivity contribution in [3.8, 4) is 11.5 Å². The molecule has 188 valence electrons. The number of anilines is 1. The molecule has 3 aliphatic rings. The summed E-state index contributed by atoms with van der Waals surface area (Å²) in [7, 11) is 1.22. The first-order chi connectivity index (χ1) is 18.0. The number of hydrogen-bond acceptors (Lipinski definition) is 7. The number of nitrogens with one attached hydrogen (secondary N) is 1. The Hall–Kier alpha value is -4.24. The lowest BCUT2D eigenvalue weighted by Gasteiger charge is -2.33. The van der Waals surface area contributed by atoms with Gasteiger partial charge in [0.2, 0.25) is 11.8 Å². The molecule has 3 aromatic carbocycles. The first kappa shape index (κ1) is 23.2. The molecule has 1 N–H and O–H groups in total. The van der Waals surface area contributed by atoms with Crippen LogP contribution in [-0.2, 0) is 24.7 Å². The summed E-state index contributed by atoms with van der Waals surface area (Å²) in [6, 6.07) is 18.5. The average Bonchev–Trinajstić information content (AvgIpc) is 3.42. The van der Waals surface area contributed by atoms with Gasteiger partial charge in [-0.2, -0.15) is 0 Å². The van der Waals surface area contributed by atoms with E-state index in [4.69, 9.17) is 14.2 Å². The highest BCUT2D eigenvalue weighted by Gasteiger charge is 2.70. The lowest BCUT2D eigenvalue weighted by Crippen LogP contribution is -2.53. The predicted octanol–water partition coefficient (Wildman–Crippen LogP) is 3.12. The Labute approximate surface area is 211 Å². The maximum absolute atomic E-state index is 15.1. The maximum Gasteiger partial charge on any atom is 0.331 e. The number of hydrogen-bond donors (Lipinski definition) is 1. The summed E-state index contributed by atoms with van der Waals surface area (Å²) < 4.78 is 31.5. The standard InChI is InChI=1S/C28H23FN2O6/c1-35-27(34)28(16-7-3-2-4-8-16)23-22(24(30-28)18-9-5-6-10-19(18)29)25(32)31(26(23)33)17-11-12-20-21(15-17)37-14-13-36-20/h2-12,15,22-24,30H,13-14H2,1H3/t22-,23-,24-,28+/m0/s1. The molecule has 0 saturated carbocycles. The lowest BCUT2D eigenvalue weighted by atomic mass is 9.75. The molecular weight excluding hydrogens is 479 g/mol. The molecule has 2 saturated heterocycles. The normalized spacial score (nSPS) is 26.2. The zero-order chi connectivity index (χ0) is 25.7. The van der Waals surface area contributed by atoms with Gasteiger partial charge in [0, 0.05) is 17.7 Å². The summed E-state index contributed by atoms with van der Waals surface area (Å²) in [5.74, 6) is -3.77. The molecule has 4 atom stereocenters. The Bertz CT molecular complexity index is 1410. The highest BCUT2D eigenvalue weighted by Crippen LogP contribution is 2.54. The van der Waals surface area contributed by atoms with Gasteiger partial charge in [-0.3, -0.25) is 14.9 Å². The van der Waals surface area contributed by atoms with Crippen LogP contribution in [0.15, 0.2) is 72.8 Å². The fourth-order valence-electron chi connectivity index (χ4n) is 5.76. The van der Waals surface area contributed by atoms with Gasteiger partial charge >= 0.3 is 5.97 Å². The van der Waals surface area contributed by atoms with E-state index in [1.54, 1.807) is 66.7 Å². The number of halogens is 1. The quantitative estimate of drug-likeness (QED) is 0.433. The smallest absolute Gasteiger partial charge is 0.331 e. The van der Waals surface area contributed by atoms with E-state index >= 15 is 4.39 Å². The summed E-state index contributed by atoms with van der Waals surface area (Å²) in [6.45, 7) is 0.731. The van der Waals surface area contributed by atoms with Gasteiger partial charge in [0.1, 0.15) is 19.0 Å². The molecule has 2 fully saturated rings. The molecule has 0 spiro atoms. The summed E-state index contributed by atoms with van der Waals surface area (Å²) in [6.07, 6.45) is 0. The van der Waals surface area contributed by atoms with Gasteiger partial charge in [0.25, 0.3) is 0 Å². The van der Waals surface area contributed by atoms with E-state index in [2.05, 4.69) is 5.32 Å². The summed E-state index contributed by atoms with van der Waals surface area (Å²) in [5, 5.41) is 3.19. The number of amides is 2. The summed E-state index contributed by atoms with van der Waals surface area (Å²) in [4.78, 5) is 42.7. The first-order valence-electron chi connectivity index (χ1n) is 11.9. The Morgan fingerprint density at radius 1 is 0.973 bits per heavy atom. The number of ether oxygens (including phenoxy) is 3. The molecule has 3 aliphatic heterocycles. The predicted molar refractivity (Wildman–Crippen MR) is 129 cm³/mol. The van der Waals surface area contributed by atoms with Crippen molar-refractivity contribution in [2.45, 2.75) is 11.6 Å². The molecule has 37 heavy (non-hydrogen) atoms. The number of carbonyl (C=O) groups excluding carboxylic acids is 3. The van der Waals surface area contributed by atoms with Crippen LogP contribution in [0.25, 0.3) is 0 Å². The average molecular weight is 502 g/mol. The van der Waals surface area contributed by atoms with E-state index in [0.717, 1.165) is 4.90 Å². The second-order valence-electron chi connectivity index (χ2n) is 9.15. The topological polar surface area (TPSA) is 94.2 Å². The van der Waals surface area contributed by atoms with Crippen LogP contribution in [0.4, 0.5) is 10.1 Å². The van der Waals surface area contributed by atoms with Crippen LogP contribution in [0.1, 0.15) is 17.2 Å². The van der Waals surface area contributed by atoms with Gasteiger partial charge in [-0.25, -0.2) is 14.1 Å². The molecule has 6 rings (SSSR count). The number of methoxy groups -OCH3 is 1. The van der Waals surface area contributed by atoms with Crippen molar-refractivity contribution in [2.24, 2.45) is 11.8 Å². The van der Waals surface area contributed by atoms with Gasteiger partial charge < -0.3 is 14.2 Å². The van der Waals surface area contributed by atoms with Gasteiger partial charge in [-0.05, 0) is 23.8 Å². The summed E-state index contributed by atoms with van der Waals surface area (Å²) >= 11 is 0. The molecule has 0 aromatic heterocycles. The fourth-order valence-corrected chi connectivity index (χ4v) is 5.76. The first-order valence-corrected chi connectivity index (χ1v) is 11.9. The van der Waals surface area contributed by atoms with Crippen molar-refractivity contribution in [3.05, 3.63) is 89.7 Å². The fraction of sp³-hybridized carbons (Fsp3) is 0.250. The maximum atomic E-state index is 15.1. The van der Waals surface area contributed by atoms with E-state index in [0.29, 0.717) is 30.3 Å². The molecule has 3 heterocycles. The van der Waals surface area contributed by atoms with Crippen molar-refractivity contribution in [1.29, 1.82) is 0 Å². The number of carbonyl (C=O) groups is 3. The van der Waals surface area contributed by atoms with E-state index < -0.39 is 47.0 Å². The van der Waals surface area contributed by atoms with Crippen LogP contribution in [-0.4, -0.2) is 38.1 Å². The molecular formula is C28H23FN2O6. The monoisotopic (exact) mass is 502 g/mol. The third-order valence-electron chi connectivity index (χ3n) is 7.32. The largest absolute Gasteiger partial charge is 0.486 e. The number of nitrogens with zero attached hydrogens (tertiary/aromatic N) is 1. The van der Waals surface area contributed by atoms with Crippen LogP contribution < -0.4 is 19.7 Å². The van der Waals surface area contributed by atoms with Crippen molar-refractivity contribution < 1.29 is 33.0 Å². The Kier molecular flexibility index (Phi) is 5.45. The molecule has 0 bridgehead atoms. The molecule has 3 aromatic rings. The number of rotatable bonds is 4. The molecule has 2 amide bonds. The minimum atomic E-state index is -1.72. The SMILES string of the molecule is COC(=O)[C@]1(c2ccccc2)N[C@@H](c2ccccc2F)[C@H]2C(=O)N(c3ccc4c(c3)OCCO4)C(=O)[C@H]21. The van der Waals surface area contributed by atoms with Crippen molar-refractivity contribution >= 4 is 23.5 Å². The van der Waals surface area contributed by atoms with Gasteiger partial charge in [-0.15, -0.1) is 0 Å². The number of esters is 1. The molecule has 9 heteroatoms. The Balaban J connectivity index is 1.54. The minimum Gasteiger partial charge on any atom is -0.486 e. The van der Waals surface area contributed by atoms with Gasteiger partial charge in [0.15, 0.2) is 17.0 Å². The van der Waals surface area contributed by atoms with Crippen LogP contribution in [0.3, 0.4) is 0 Å². The van der Waals surface area contributed by atoms with Crippen LogP contribution in [0, 0.1) is 17.7 Å². The summed E-state index contributed by atoms with van der Waals surface area (Å²) in [5.41, 5.74) is -0.804. The second-order valence-corrected chi connectivity index (χ2v) is 9.15.